The van der Waals surface area contributed by atoms with Crippen LogP contribution in [0.5, 0.6) is 0 Å². The first-order valence-electron chi connectivity index (χ1n) is 42.8. The lowest BCUT2D eigenvalue weighted by atomic mass is 10.1. The van der Waals surface area contributed by atoms with Gasteiger partial charge in [0.1, 0.15) is 58.7 Å². The summed E-state index contributed by atoms with van der Waals surface area (Å²) in [4.78, 5) is 23.4. The first-order valence-corrected chi connectivity index (χ1v) is 42.8. The highest BCUT2D eigenvalue weighted by atomic mass is 16.3. The van der Waals surface area contributed by atoms with Gasteiger partial charge in [0.2, 0.25) is 0 Å². The summed E-state index contributed by atoms with van der Waals surface area (Å²) in [7, 11) is 4.24. The first kappa shape index (κ1) is 78.0. The van der Waals surface area contributed by atoms with E-state index in [9.17, 15) is 0 Å². The highest BCUT2D eigenvalue weighted by Gasteiger charge is 2.39. The third-order valence-corrected chi connectivity index (χ3v) is 25.6. The summed E-state index contributed by atoms with van der Waals surface area (Å²) in [6.07, 6.45) is 14.1. The number of hydrogen-bond acceptors (Lipinski definition) is 15. The van der Waals surface area contributed by atoms with Gasteiger partial charge in [0.05, 0.1) is 51.2 Å². The molecular weight excluding hydrogens is 1510 g/mol. The van der Waals surface area contributed by atoms with Gasteiger partial charge in [0.25, 0.3) is 0 Å². The molecule has 612 valence electrons. The molecule has 23 rings (SSSR count). The van der Waals surface area contributed by atoms with E-state index in [1.807, 2.05) is 60.7 Å². The fourth-order valence-electron chi connectivity index (χ4n) is 19.2. The molecule has 0 bridgehead atoms. The molecule has 0 saturated heterocycles. The summed E-state index contributed by atoms with van der Waals surface area (Å²) in [5, 5.41) is 11.8. The van der Waals surface area contributed by atoms with Gasteiger partial charge in [-0.3, -0.25) is 0 Å². The van der Waals surface area contributed by atoms with E-state index in [0.29, 0.717) is 18.2 Å². The van der Waals surface area contributed by atoms with E-state index in [4.69, 9.17) is 22.1 Å². The summed E-state index contributed by atoms with van der Waals surface area (Å²) in [6, 6.07) is 91.8. The Kier molecular flexibility index (Phi) is 20.0. The number of nitrogens with zero attached hydrogens (tertiary/aromatic N) is 10. The van der Waals surface area contributed by atoms with Crippen molar-refractivity contribution >= 4 is 167 Å². The fraction of sp³-hybridized carbons (Fsp3) is 0.215. The van der Waals surface area contributed by atoms with Crippen LogP contribution in [0.1, 0.15) is 90.1 Å². The number of aryl methyl sites for hydroxylation is 5. The molecule has 122 heavy (non-hydrogen) atoms. The molecule has 15 nitrogen and oxygen atoms in total. The number of furan rings is 5. The van der Waals surface area contributed by atoms with Crippen LogP contribution in [0.3, 0.4) is 0 Å². The second-order valence-corrected chi connectivity index (χ2v) is 33.6. The van der Waals surface area contributed by atoms with Crippen LogP contribution >= 0.6 is 0 Å². The highest BCUT2D eigenvalue weighted by molar-refractivity contribution is 6.15. The largest absolute Gasteiger partial charge is 0.454 e. The predicted octanol–water partition coefficient (Wildman–Crippen LogP) is 28.2. The molecule has 0 fully saturated rings. The van der Waals surface area contributed by atoms with Crippen molar-refractivity contribution in [1.82, 2.24) is 9.80 Å². The Morgan fingerprint density at radius 2 is 0.549 bits per heavy atom. The van der Waals surface area contributed by atoms with Crippen molar-refractivity contribution in [3.8, 4) is 0 Å². The minimum atomic E-state index is 0.176. The smallest absolute Gasteiger partial charge is 0.159 e. The SMILES string of the molecule is Cc1ccc2c(oc3ccccc32)c1N1C=CN(C(C)C)C1C.Cc1ccc2c(oc3ccccc32)c1N1C=CN(C)C1C.Cc1ccc2c(oc3ccccc32)c1N1C=CN(c2ccccc2)C1C.Cc1ccc2c(oc3ccccc32)c1N1c2ccccc2N(C(C)C)C1C.Cc1ccc2c(oc3ccccc32)c1N1c2ccccc2N(C)C1C. The number of para-hydroxylation sites is 10. The maximum Gasteiger partial charge on any atom is 0.159 e. The highest BCUT2D eigenvalue weighted by Crippen LogP contribution is 2.52. The van der Waals surface area contributed by atoms with Gasteiger partial charge >= 0.3 is 0 Å². The van der Waals surface area contributed by atoms with Gasteiger partial charge in [-0.25, -0.2) is 0 Å². The Balaban J connectivity index is 0.000000101. The average molecular weight is 1610 g/mol. The molecule has 0 amide bonds. The van der Waals surface area contributed by atoms with Gasteiger partial charge in [-0.1, -0.05) is 194 Å². The van der Waals surface area contributed by atoms with Crippen molar-refractivity contribution in [2.45, 2.75) is 140 Å². The molecule has 5 aliphatic heterocycles. The summed E-state index contributed by atoms with van der Waals surface area (Å²) < 4.78 is 31.4. The van der Waals surface area contributed by atoms with Crippen molar-refractivity contribution in [1.29, 1.82) is 0 Å². The lowest BCUT2D eigenvalue weighted by Gasteiger charge is -2.33. The van der Waals surface area contributed by atoms with Gasteiger partial charge in [-0.05, 0) is 191 Å². The van der Waals surface area contributed by atoms with Crippen LogP contribution in [0, 0.1) is 34.6 Å². The Bertz CT molecular complexity index is 7120. The zero-order valence-corrected chi connectivity index (χ0v) is 72.3. The van der Waals surface area contributed by atoms with E-state index in [1.54, 1.807) is 0 Å². The van der Waals surface area contributed by atoms with Crippen molar-refractivity contribution in [3.63, 3.8) is 0 Å². The molecular formula is C107H104N10O5. The Morgan fingerprint density at radius 3 is 0.926 bits per heavy atom. The minimum Gasteiger partial charge on any atom is -0.454 e. The van der Waals surface area contributed by atoms with E-state index in [0.717, 1.165) is 72.9 Å². The molecule has 5 aliphatic rings. The molecule has 0 N–H and O–H groups in total. The standard InChI is InChI=1S/C24H24N2O.C23H20N2O.C22H20N2O.C20H22N2O.C18H18N2O/c1-15(2)25-17(4)26(21-11-7-6-10-20(21)25)23-16(3)13-14-19-18-9-5-8-12-22(18)27-24(19)23;1-16-12-13-20-19-10-6-7-11-21(19)26-23(20)22(16)25-15-14-24(17(25)2)18-8-4-3-5-9-18;1-14-12-13-17-16-8-4-7-11-20(16)25-22(17)21(14)24-15(2)23(3)18-9-5-6-10-19(18)24;1-13(2)21-11-12-22(15(21)4)19-14(3)9-10-17-16-7-5-6-8-18(16)23-20(17)19;1-12-8-9-15-14-6-4-5-7-16(14)21-18(15)17(12)20-11-10-19(3)13(20)2/h5-15,17H,1-4H3;3-15,17H,1-2H3;4-13,15H,1-3H3;5-13,15H,1-4H3;4-11,13H,1-3H3. The second-order valence-electron chi connectivity index (χ2n) is 33.6. The lowest BCUT2D eigenvalue weighted by molar-refractivity contribution is 0.263. The van der Waals surface area contributed by atoms with Crippen LogP contribution in [-0.2, 0) is 0 Å². The van der Waals surface area contributed by atoms with E-state index >= 15 is 0 Å². The third-order valence-electron chi connectivity index (χ3n) is 25.6. The van der Waals surface area contributed by atoms with Crippen LogP contribution < -0.4 is 39.2 Å². The quantitative estimate of drug-likeness (QED) is 0.144. The Morgan fingerprint density at radius 1 is 0.246 bits per heavy atom. The summed E-state index contributed by atoms with van der Waals surface area (Å²) in [5.41, 5.74) is 27.7. The molecule has 5 unspecified atom stereocenters. The van der Waals surface area contributed by atoms with Crippen molar-refractivity contribution in [3.05, 3.63) is 326 Å². The van der Waals surface area contributed by atoms with Crippen molar-refractivity contribution in [2.24, 2.45) is 0 Å². The molecule has 5 atom stereocenters. The molecule has 0 spiro atoms. The topological polar surface area (TPSA) is 98.1 Å². The van der Waals surface area contributed by atoms with E-state index in [-0.39, 0.29) is 24.7 Å². The average Bonchev–Trinajstić information content (AvgIpc) is 1.57. The first-order chi connectivity index (χ1) is 59.2. The zero-order valence-electron chi connectivity index (χ0n) is 72.3. The Labute approximate surface area is 713 Å². The van der Waals surface area contributed by atoms with Crippen LogP contribution in [-0.4, -0.2) is 66.8 Å². The molecule has 15 heteroatoms. The molecule has 18 aromatic rings. The number of hydrogen-bond donors (Lipinski definition) is 0. The van der Waals surface area contributed by atoms with E-state index in [1.165, 1.54) is 121 Å². The maximum atomic E-state index is 6.38. The van der Waals surface area contributed by atoms with Gasteiger partial charge < -0.3 is 71.1 Å². The van der Waals surface area contributed by atoms with Crippen molar-refractivity contribution < 1.29 is 22.1 Å². The van der Waals surface area contributed by atoms with Gasteiger partial charge in [0, 0.05) is 123 Å². The van der Waals surface area contributed by atoms with E-state index < -0.39 is 0 Å². The lowest BCUT2D eigenvalue weighted by Crippen LogP contribution is -2.42. The Hall–Kier alpha value is -13.9. The van der Waals surface area contributed by atoms with Gasteiger partial charge in [-0.15, -0.1) is 0 Å². The minimum absolute atomic E-state index is 0.176. The van der Waals surface area contributed by atoms with Crippen LogP contribution in [0.2, 0.25) is 0 Å². The van der Waals surface area contributed by atoms with Gasteiger partial charge in [-0.2, -0.15) is 0 Å². The molecule has 0 aliphatic carbocycles. The van der Waals surface area contributed by atoms with Crippen LogP contribution in [0.4, 0.5) is 56.9 Å². The fourth-order valence-corrected chi connectivity index (χ4v) is 19.2. The summed E-state index contributed by atoms with van der Waals surface area (Å²) in [5.74, 6) is 0. The van der Waals surface area contributed by atoms with Crippen LogP contribution in [0.15, 0.2) is 320 Å². The number of rotatable bonds is 8. The third kappa shape index (κ3) is 13.1. The molecule has 10 heterocycles. The number of benzene rings is 13. The zero-order chi connectivity index (χ0) is 84.2. The summed E-state index contributed by atoms with van der Waals surface area (Å²) >= 11 is 0. The van der Waals surface area contributed by atoms with Gasteiger partial charge in [0.15, 0.2) is 27.9 Å². The predicted molar refractivity (Wildman–Crippen MR) is 511 cm³/mol. The van der Waals surface area contributed by atoms with E-state index in [2.05, 4.69) is 397 Å². The monoisotopic (exact) mass is 1610 g/mol. The maximum absolute atomic E-state index is 6.38. The normalized spacial score (nSPS) is 17.3. The molecule has 0 saturated carbocycles. The molecule has 5 aromatic heterocycles. The summed E-state index contributed by atoms with van der Waals surface area (Å²) in [6.45, 7) is 30.9. The number of anilines is 10. The van der Waals surface area contributed by atoms with Crippen molar-refractivity contribution in [2.75, 3.05) is 53.3 Å². The second kappa shape index (κ2) is 31.3. The number of fused-ring (bicyclic) bond motifs is 17. The van der Waals surface area contributed by atoms with Crippen LogP contribution in [0.25, 0.3) is 110 Å². The molecule has 13 aromatic carbocycles. The molecule has 0 radical (unpaired) electrons.